The minimum atomic E-state index is -0.434. The number of hydrogen-bond acceptors (Lipinski definition) is 10. The Balaban J connectivity index is 1.51. The number of morpholine rings is 1. The van der Waals surface area contributed by atoms with Gasteiger partial charge in [0.05, 0.1) is 24.4 Å². The first kappa shape index (κ1) is 19.0. The standard InChI is InChI=1S/C18H22N8O3/c27-26(28)15-5-3-14(4-6-15)13-19-23-16-20-17(24-7-1-2-8-24)22-18(21-16)25-9-11-29-12-10-25/h3-6,13H,1-2,7-12H2,(H,20,21,22,23)/b19-13-. The Morgan fingerprint density at radius 3 is 2.24 bits per heavy atom. The number of aromatic nitrogens is 3. The number of non-ortho nitro benzene ring substituents is 1. The number of anilines is 3. The van der Waals surface area contributed by atoms with Crippen molar-refractivity contribution in [3.05, 3.63) is 39.9 Å². The molecule has 0 spiro atoms. The molecule has 2 fully saturated rings. The number of hydrogen-bond donors (Lipinski definition) is 1. The van der Waals surface area contributed by atoms with Gasteiger partial charge in [-0.3, -0.25) is 10.1 Å². The molecule has 29 heavy (non-hydrogen) atoms. The molecule has 0 saturated carbocycles. The molecule has 0 unspecified atom stereocenters. The highest BCUT2D eigenvalue weighted by molar-refractivity contribution is 5.80. The maximum Gasteiger partial charge on any atom is 0.269 e. The first-order chi connectivity index (χ1) is 14.2. The van der Waals surface area contributed by atoms with Crippen LogP contribution in [-0.2, 0) is 4.74 Å². The Morgan fingerprint density at radius 1 is 1.00 bits per heavy atom. The summed E-state index contributed by atoms with van der Waals surface area (Å²) >= 11 is 0. The van der Waals surface area contributed by atoms with E-state index in [2.05, 4.69) is 35.3 Å². The molecule has 0 radical (unpaired) electrons. The minimum Gasteiger partial charge on any atom is -0.378 e. The lowest BCUT2D eigenvalue weighted by Crippen LogP contribution is -2.38. The quantitative estimate of drug-likeness (QED) is 0.440. The molecule has 2 aliphatic rings. The van der Waals surface area contributed by atoms with E-state index in [1.165, 1.54) is 12.1 Å². The summed E-state index contributed by atoms with van der Waals surface area (Å²) in [6.07, 6.45) is 3.82. The highest BCUT2D eigenvalue weighted by Gasteiger charge is 2.21. The molecule has 2 aliphatic heterocycles. The number of nitro benzene ring substituents is 1. The van der Waals surface area contributed by atoms with Crippen LogP contribution in [0.4, 0.5) is 23.5 Å². The van der Waals surface area contributed by atoms with Crippen LogP contribution in [0.5, 0.6) is 0 Å². The Morgan fingerprint density at radius 2 is 1.62 bits per heavy atom. The van der Waals surface area contributed by atoms with Gasteiger partial charge in [0.15, 0.2) is 0 Å². The van der Waals surface area contributed by atoms with Crippen molar-refractivity contribution in [3.8, 4) is 0 Å². The van der Waals surface area contributed by atoms with Crippen LogP contribution in [-0.4, -0.2) is 65.5 Å². The fourth-order valence-electron chi connectivity index (χ4n) is 3.21. The van der Waals surface area contributed by atoms with E-state index in [0.717, 1.165) is 44.6 Å². The molecule has 2 saturated heterocycles. The second kappa shape index (κ2) is 8.78. The largest absolute Gasteiger partial charge is 0.378 e. The third-order valence-electron chi connectivity index (χ3n) is 4.78. The van der Waals surface area contributed by atoms with Gasteiger partial charge in [0, 0.05) is 38.3 Å². The van der Waals surface area contributed by atoms with E-state index < -0.39 is 4.92 Å². The molecule has 0 atom stereocenters. The smallest absolute Gasteiger partial charge is 0.269 e. The molecule has 1 aromatic heterocycles. The van der Waals surface area contributed by atoms with Gasteiger partial charge in [-0.05, 0) is 30.5 Å². The van der Waals surface area contributed by atoms with Gasteiger partial charge in [0.2, 0.25) is 17.8 Å². The van der Waals surface area contributed by atoms with Crippen molar-refractivity contribution in [3.63, 3.8) is 0 Å². The maximum absolute atomic E-state index is 10.7. The number of hydrazone groups is 1. The van der Waals surface area contributed by atoms with E-state index >= 15 is 0 Å². The maximum atomic E-state index is 10.7. The van der Waals surface area contributed by atoms with Gasteiger partial charge in [-0.2, -0.15) is 20.1 Å². The van der Waals surface area contributed by atoms with Crippen LogP contribution in [0.15, 0.2) is 29.4 Å². The van der Waals surface area contributed by atoms with E-state index in [-0.39, 0.29) is 5.69 Å². The summed E-state index contributed by atoms with van der Waals surface area (Å²) in [4.78, 5) is 28.2. The lowest BCUT2D eigenvalue weighted by atomic mass is 10.2. The van der Waals surface area contributed by atoms with E-state index in [1.807, 2.05) is 0 Å². The highest BCUT2D eigenvalue weighted by Crippen LogP contribution is 2.21. The molecule has 11 heteroatoms. The molecular formula is C18H22N8O3. The third kappa shape index (κ3) is 4.74. The van der Waals surface area contributed by atoms with Gasteiger partial charge < -0.3 is 14.5 Å². The van der Waals surface area contributed by atoms with Gasteiger partial charge >= 0.3 is 0 Å². The highest BCUT2D eigenvalue weighted by atomic mass is 16.6. The van der Waals surface area contributed by atoms with Crippen molar-refractivity contribution in [2.75, 3.05) is 54.6 Å². The van der Waals surface area contributed by atoms with Gasteiger partial charge in [-0.1, -0.05) is 0 Å². The van der Waals surface area contributed by atoms with Crippen LogP contribution in [0.2, 0.25) is 0 Å². The summed E-state index contributed by atoms with van der Waals surface area (Å²) in [7, 11) is 0. The molecule has 4 rings (SSSR count). The summed E-state index contributed by atoms with van der Waals surface area (Å²) in [6.45, 7) is 4.61. The van der Waals surface area contributed by atoms with Crippen LogP contribution in [0, 0.1) is 10.1 Å². The lowest BCUT2D eigenvalue weighted by molar-refractivity contribution is -0.384. The first-order valence-electron chi connectivity index (χ1n) is 9.56. The molecular weight excluding hydrogens is 376 g/mol. The van der Waals surface area contributed by atoms with Gasteiger partial charge in [-0.25, -0.2) is 5.43 Å². The number of benzene rings is 1. The molecule has 0 amide bonds. The number of nitro groups is 1. The Hall–Kier alpha value is -3.34. The Labute approximate surface area is 167 Å². The molecule has 2 aromatic rings. The second-order valence-corrected chi connectivity index (χ2v) is 6.77. The van der Waals surface area contributed by atoms with E-state index in [9.17, 15) is 10.1 Å². The molecule has 3 heterocycles. The van der Waals surface area contributed by atoms with Crippen LogP contribution < -0.4 is 15.2 Å². The van der Waals surface area contributed by atoms with Crippen molar-refractivity contribution in [1.29, 1.82) is 0 Å². The second-order valence-electron chi connectivity index (χ2n) is 6.77. The van der Waals surface area contributed by atoms with Crippen molar-refractivity contribution >= 4 is 29.7 Å². The molecule has 0 aliphatic carbocycles. The molecule has 1 N–H and O–H groups in total. The zero-order valence-corrected chi connectivity index (χ0v) is 15.9. The topological polar surface area (TPSA) is 122 Å². The minimum absolute atomic E-state index is 0.0398. The summed E-state index contributed by atoms with van der Waals surface area (Å²) in [5.74, 6) is 1.62. The number of ether oxygens (including phenoxy) is 1. The van der Waals surface area contributed by atoms with Crippen molar-refractivity contribution in [2.24, 2.45) is 5.10 Å². The van der Waals surface area contributed by atoms with Gasteiger partial charge in [0.1, 0.15) is 0 Å². The van der Waals surface area contributed by atoms with Gasteiger partial charge in [0.25, 0.3) is 5.69 Å². The number of nitrogens with one attached hydrogen (secondary N) is 1. The van der Waals surface area contributed by atoms with Crippen LogP contribution in [0.25, 0.3) is 0 Å². The number of rotatable bonds is 6. The van der Waals surface area contributed by atoms with Crippen LogP contribution in [0.1, 0.15) is 18.4 Å². The zero-order chi connectivity index (χ0) is 20.1. The van der Waals surface area contributed by atoms with Gasteiger partial charge in [-0.15, -0.1) is 0 Å². The summed E-state index contributed by atoms with van der Waals surface area (Å²) in [5.41, 5.74) is 3.63. The van der Waals surface area contributed by atoms with E-state index in [0.29, 0.717) is 31.1 Å². The Bertz CT molecular complexity index is 877. The predicted octanol–water partition coefficient (Wildman–Crippen LogP) is 1.66. The van der Waals surface area contributed by atoms with Crippen molar-refractivity contribution in [1.82, 2.24) is 15.0 Å². The summed E-state index contributed by atoms with van der Waals surface area (Å²) in [6, 6.07) is 6.13. The summed E-state index contributed by atoms with van der Waals surface area (Å²) < 4.78 is 5.41. The average molecular weight is 398 g/mol. The van der Waals surface area contributed by atoms with Crippen molar-refractivity contribution < 1.29 is 9.66 Å². The predicted molar refractivity (Wildman–Crippen MR) is 109 cm³/mol. The van der Waals surface area contributed by atoms with Crippen LogP contribution in [0.3, 0.4) is 0 Å². The SMILES string of the molecule is O=[N+]([O-])c1ccc(/C=N\Nc2nc(N3CCCC3)nc(N3CCOCC3)n2)cc1. The lowest BCUT2D eigenvalue weighted by Gasteiger charge is -2.27. The van der Waals surface area contributed by atoms with E-state index in [4.69, 9.17) is 4.74 Å². The van der Waals surface area contributed by atoms with Crippen LogP contribution >= 0.6 is 0 Å². The first-order valence-corrected chi connectivity index (χ1v) is 9.56. The normalized spacial score (nSPS) is 17.1. The Kier molecular flexibility index (Phi) is 5.75. The third-order valence-corrected chi connectivity index (χ3v) is 4.78. The molecule has 11 nitrogen and oxygen atoms in total. The van der Waals surface area contributed by atoms with E-state index in [1.54, 1.807) is 18.3 Å². The summed E-state index contributed by atoms with van der Waals surface area (Å²) in [5, 5.41) is 14.9. The average Bonchev–Trinajstić information content (AvgIpc) is 3.30. The number of nitrogens with zero attached hydrogens (tertiary/aromatic N) is 7. The molecule has 1 aromatic carbocycles. The fraction of sp³-hybridized carbons (Fsp3) is 0.444. The fourth-order valence-corrected chi connectivity index (χ4v) is 3.21. The molecule has 152 valence electrons. The molecule has 0 bridgehead atoms. The monoisotopic (exact) mass is 398 g/mol. The zero-order valence-electron chi connectivity index (χ0n) is 15.9. The van der Waals surface area contributed by atoms with Crippen molar-refractivity contribution in [2.45, 2.75) is 12.8 Å².